The van der Waals surface area contributed by atoms with Gasteiger partial charge in [-0.2, -0.15) is 0 Å². The van der Waals surface area contributed by atoms with Crippen molar-refractivity contribution < 1.29 is 4.79 Å². The number of carbonyl (C=O) groups excluding carboxylic acids is 1. The summed E-state index contributed by atoms with van der Waals surface area (Å²) >= 11 is 4.86. The lowest BCUT2D eigenvalue weighted by Gasteiger charge is -2.20. The van der Waals surface area contributed by atoms with Gasteiger partial charge in [0.15, 0.2) is 0 Å². The number of hydrogen-bond donors (Lipinski definition) is 0. The van der Waals surface area contributed by atoms with Gasteiger partial charge in [-0.15, -0.1) is 11.3 Å². The van der Waals surface area contributed by atoms with Gasteiger partial charge >= 0.3 is 0 Å². The molecule has 1 amide bonds. The highest BCUT2D eigenvalue weighted by Crippen LogP contribution is 2.25. The molecule has 6 nitrogen and oxygen atoms in total. The number of aryl methyl sites for hydroxylation is 3. The van der Waals surface area contributed by atoms with Crippen LogP contribution in [-0.2, 0) is 11.3 Å². The molecule has 26 heavy (non-hydrogen) atoms. The zero-order chi connectivity index (χ0) is 18.8. The van der Waals surface area contributed by atoms with E-state index in [1.165, 1.54) is 22.2 Å². The highest BCUT2D eigenvalue weighted by Gasteiger charge is 2.17. The standard InChI is InChI=1S/C18H19BrN4O2S/c1-4-23(14-6-5-13(19)9-20-14)15(24)7-8-22-10-21-17-16(18(22)25)11(2)12(3)26-17/h5-6,9-10H,4,7-8H2,1-3H3. The molecule has 3 aromatic heterocycles. The summed E-state index contributed by atoms with van der Waals surface area (Å²) in [6, 6.07) is 3.64. The maximum atomic E-state index is 12.7. The first-order chi connectivity index (χ1) is 12.4. The average Bonchev–Trinajstić information content (AvgIpc) is 2.91. The van der Waals surface area contributed by atoms with Crippen molar-refractivity contribution in [3.05, 3.63) is 49.9 Å². The normalized spacial score (nSPS) is 11.1. The first-order valence-electron chi connectivity index (χ1n) is 8.29. The molecule has 0 aliphatic carbocycles. The molecule has 0 radical (unpaired) electrons. The fourth-order valence-electron chi connectivity index (χ4n) is 2.77. The van der Waals surface area contributed by atoms with E-state index in [9.17, 15) is 9.59 Å². The van der Waals surface area contributed by atoms with E-state index in [0.29, 0.717) is 24.3 Å². The highest BCUT2D eigenvalue weighted by molar-refractivity contribution is 9.10. The van der Waals surface area contributed by atoms with Gasteiger partial charge in [0.05, 0.1) is 11.7 Å². The Morgan fingerprint density at radius 2 is 2.08 bits per heavy atom. The van der Waals surface area contributed by atoms with Crippen LogP contribution in [0.1, 0.15) is 23.8 Å². The molecule has 0 bridgehead atoms. The molecule has 0 aliphatic heterocycles. The van der Waals surface area contributed by atoms with E-state index in [-0.39, 0.29) is 17.9 Å². The van der Waals surface area contributed by atoms with Gasteiger partial charge in [-0.1, -0.05) is 0 Å². The summed E-state index contributed by atoms with van der Waals surface area (Å²) in [4.78, 5) is 37.4. The minimum Gasteiger partial charge on any atom is -0.298 e. The van der Waals surface area contributed by atoms with Gasteiger partial charge in [-0.3, -0.25) is 19.1 Å². The maximum Gasteiger partial charge on any atom is 0.262 e. The lowest BCUT2D eigenvalue weighted by molar-refractivity contribution is -0.118. The Kier molecular flexibility index (Phi) is 5.52. The van der Waals surface area contributed by atoms with Crippen molar-refractivity contribution in [2.45, 2.75) is 33.7 Å². The fourth-order valence-corrected chi connectivity index (χ4v) is 4.00. The third kappa shape index (κ3) is 3.57. The topological polar surface area (TPSA) is 68.1 Å². The Labute approximate surface area is 163 Å². The Balaban J connectivity index is 1.79. The Morgan fingerprint density at radius 3 is 2.73 bits per heavy atom. The predicted octanol–water partition coefficient (Wildman–Crippen LogP) is 3.68. The Hall–Kier alpha value is -2.06. The van der Waals surface area contributed by atoms with Crippen molar-refractivity contribution in [3.8, 4) is 0 Å². The summed E-state index contributed by atoms with van der Waals surface area (Å²) < 4.78 is 2.37. The number of halogens is 1. The zero-order valence-electron chi connectivity index (χ0n) is 14.8. The third-order valence-electron chi connectivity index (χ3n) is 4.33. The maximum absolute atomic E-state index is 12.7. The van der Waals surface area contributed by atoms with E-state index < -0.39 is 0 Å². The number of thiophene rings is 1. The van der Waals surface area contributed by atoms with Crippen LogP contribution >= 0.6 is 27.3 Å². The average molecular weight is 435 g/mol. The van der Waals surface area contributed by atoms with Crippen LogP contribution in [0, 0.1) is 13.8 Å². The van der Waals surface area contributed by atoms with Gasteiger partial charge in [-0.05, 0) is 54.4 Å². The van der Waals surface area contributed by atoms with Crippen molar-refractivity contribution in [2.24, 2.45) is 0 Å². The van der Waals surface area contributed by atoms with Crippen LogP contribution in [0.3, 0.4) is 0 Å². The molecular formula is C18H19BrN4O2S. The summed E-state index contributed by atoms with van der Waals surface area (Å²) in [6.45, 7) is 6.63. The summed E-state index contributed by atoms with van der Waals surface area (Å²) in [7, 11) is 0. The lowest BCUT2D eigenvalue weighted by atomic mass is 10.2. The van der Waals surface area contributed by atoms with E-state index in [2.05, 4.69) is 25.9 Å². The second-order valence-electron chi connectivity index (χ2n) is 5.93. The van der Waals surface area contributed by atoms with Crippen LogP contribution in [0.5, 0.6) is 0 Å². The van der Waals surface area contributed by atoms with Gasteiger partial charge in [0, 0.05) is 35.1 Å². The molecule has 0 fully saturated rings. The molecule has 136 valence electrons. The minimum atomic E-state index is -0.0885. The highest BCUT2D eigenvalue weighted by atomic mass is 79.9. The van der Waals surface area contributed by atoms with Crippen LogP contribution in [0.2, 0.25) is 0 Å². The second-order valence-corrected chi connectivity index (χ2v) is 8.05. The van der Waals surface area contributed by atoms with Crippen LogP contribution in [0.4, 0.5) is 5.82 Å². The van der Waals surface area contributed by atoms with Crippen molar-refractivity contribution >= 4 is 49.2 Å². The molecular weight excluding hydrogens is 416 g/mol. The number of amides is 1. The van der Waals surface area contributed by atoms with Crippen molar-refractivity contribution in [3.63, 3.8) is 0 Å². The van der Waals surface area contributed by atoms with E-state index in [1.807, 2.05) is 26.8 Å². The van der Waals surface area contributed by atoms with Crippen molar-refractivity contribution in [1.29, 1.82) is 0 Å². The predicted molar refractivity (Wildman–Crippen MR) is 108 cm³/mol. The number of aromatic nitrogens is 3. The first-order valence-corrected chi connectivity index (χ1v) is 9.90. The number of carbonyl (C=O) groups is 1. The van der Waals surface area contributed by atoms with Crippen LogP contribution < -0.4 is 10.5 Å². The number of hydrogen-bond acceptors (Lipinski definition) is 5. The largest absolute Gasteiger partial charge is 0.298 e. The monoisotopic (exact) mass is 434 g/mol. The number of pyridine rings is 1. The van der Waals surface area contributed by atoms with Gasteiger partial charge in [0.25, 0.3) is 5.56 Å². The number of anilines is 1. The number of nitrogens with zero attached hydrogens (tertiary/aromatic N) is 4. The van der Waals surface area contributed by atoms with Crippen LogP contribution in [0.25, 0.3) is 10.2 Å². The van der Waals surface area contributed by atoms with E-state index in [0.717, 1.165) is 19.7 Å². The van der Waals surface area contributed by atoms with E-state index in [4.69, 9.17) is 0 Å². The van der Waals surface area contributed by atoms with Crippen molar-refractivity contribution in [2.75, 3.05) is 11.4 Å². The summed E-state index contributed by atoms with van der Waals surface area (Å²) in [6.07, 6.45) is 3.40. The van der Waals surface area contributed by atoms with Gasteiger partial charge < -0.3 is 0 Å². The lowest BCUT2D eigenvalue weighted by Crippen LogP contribution is -2.33. The smallest absolute Gasteiger partial charge is 0.262 e. The SMILES string of the molecule is CCN(C(=O)CCn1cnc2sc(C)c(C)c2c1=O)c1ccc(Br)cn1. The molecule has 0 N–H and O–H groups in total. The summed E-state index contributed by atoms with van der Waals surface area (Å²) in [5.74, 6) is 0.526. The van der Waals surface area contributed by atoms with Gasteiger partial charge in [0.1, 0.15) is 10.6 Å². The van der Waals surface area contributed by atoms with Crippen molar-refractivity contribution in [1.82, 2.24) is 14.5 Å². The number of rotatable bonds is 5. The zero-order valence-corrected chi connectivity index (χ0v) is 17.2. The summed E-state index contributed by atoms with van der Waals surface area (Å²) in [5.41, 5.74) is 0.881. The molecule has 0 atom stereocenters. The molecule has 0 saturated carbocycles. The first kappa shape index (κ1) is 18.7. The second kappa shape index (κ2) is 7.67. The minimum absolute atomic E-state index is 0.0764. The van der Waals surface area contributed by atoms with E-state index in [1.54, 1.807) is 17.2 Å². The Bertz CT molecular complexity index is 1010. The quantitative estimate of drug-likeness (QED) is 0.613. The van der Waals surface area contributed by atoms with Gasteiger partial charge in [-0.25, -0.2) is 9.97 Å². The number of fused-ring (bicyclic) bond motifs is 1. The van der Waals surface area contributed by atoms with Crippen LogP contribution in [-0.4, -0.2) is 27.0 Å². The summed E-state index contributed by atoms with van der Waals surface area (Å²) in [5, 5.41) is 0.657. The molecule has 8 heteroatoms. The molecule has 0 saturated heterocycles. The third-order valence-corrected chi connectivity index (χ3v) is 5.91. The fraction of sp³-hybridized carbons (Fsp3) is 0.333. The molecule has 0 spiro atoms. The molecule has 3 aromatic rings. The van der Waals surface area contributed by atoms with Crippen LogP contribution in [0.15, 0.2) is 33.9 Å². The van der Waals surface area contributed by atoms with E-state index >= 15 is 0 Å². The molecule has 3 heterocycles. The molecule has 0 unspecified atom stereocenters. The van der Waals surface area contributed by atoms with Gasteiger partial charge in [0.2, 0.25) is 5.91 Å². The molecule has 0 aromatic carbocycles. The Morgan fingerprint density at radius 1 is 1.31 bits per heavy atom. The molecule has 0 aliphatic rings. The molecule has 3 rings (SSSR count).